The molecule has 2 aromatic rings. The van der Waals surface area contributed by atoms with E-state index in [1.54, 1.807) is 25.1 Å². The topological polar surface area (TPSA) is 56.8 Å². The monoisotopic (exact) mass is 371 g/mol. The number of carbonyl (C=O) groups excluding carboxylic acids is 1. The van der Waals surface area contributed by atoms with Crippen molar-refractivity contribution in [2.24, 2.45) is 0 Å². The van der Waals surface area contributed by atoms with Crippen molar-refractivity contribution in [2.75, 3.05) is 6.61 Å². The standard InChI is InChI=1S/C21H22FNO4/c1-13-20(27-17-6-3-2-5-16(17)26-13)21(24)23-19(18-7-4-12-25-18)14-8-10-15(22)11-9-14/h2-3,5-6,8-11,13,18-20H,4,7,12H2,1H3,(H,23,24)/t13-,18-,19-,20-/m0/s1. The van der Waals surface area contributed by atoms with E-state index in [1.165, 1.54) is 12.1 Å². The summed E-state index contributed by atoms with van der Waals surface area (Å²) in [5.41, 5.74) is 0.807. The molecule has 0 spiro atoms. The molecule has 0 bridgehead atoms. The molecule has 6 heteroatoms. The predicted octanol–water partition coefficient (Wildman–Crippen LogP) is 3.39. The average molecular weight is 371 g/mol. The van der Waals surface area contributed by atoms with Crippen molar-refractivity contribution in [3.8, 4) is 11.5 Å². The highest BCUT2D eigenvalue weighted by molar-refractivity contribution is 5.82. The van der Waals surface area contributed by atoms with Gasteiger partial charge in [0.2, 0.25) is 6.10 Å². The lowest BCUT2D eigenvalue weighted by Crippen LogP contribution is -2.51. The van der Waals surface area contributed by atoms with Gasteiger partial charge >= 0.3 is 0 Å². The maximum atomic E-state index is 13.3. The lowest BCUT2D eigenvalue weighted by atomic mass is 9.98. The molecule has 0 aromatic heterocycles. The number of ether oxygens (including phenoxy) is 3. The van der Waals surface area contributed by atoms with Gasteiger partial charge in [0.15, 0.2) is 11.5 Å². The van der Waals surface area contributed by atoms with Crippen LogP contribution in [-0.2, 0) is 9.53 Å². The van der Waals surface area contributed by atoms with Crippen LogP contribution in [0.2, 0.25) is 0 Å². The van der Waals surface area contributed by atoms with Crippen LogP contribution >= 0.6 is 0 Å². The SMILES string of the molecule is C[C@@H]1Oc2ccccc2O[C@@H]1C(=O)N[C@@H](c1ccc(F)cc1)[C@@H]1CCCO1. The zero-order valence-corrected chi connectivity index (χ0v) is 15.1. The van der Waals surface area contributed by atoms with Gasteiger partial charge in [0, 0.05) is 6.61 Å². The molecule has 2 aliphatic rings. The molecular weight excluding hydrogens is 349 g/mol. The number of benzene rings is 2. The van der Waals surface area contributed by atoms with Gasteiger partial charge in [-0.25, -0.2) is 4.39 Å². The van der Waals surface area contributed by atoms with Crippen molar-refractivity contribution >= 4 is 5.91 Å². The summed E-state index contributed by atoms with van der Waals surface area (Å²) in [6.45, 7) is 2.46. The maximum Gasteiger partial charge on any atom is 0.265 e. The van der Waals surface area contributed by atoms with Gasteiger partial charge in [0.1, 0.15) is 11.9 Å². The zero-order valence-electron chi connectivity index (χ0n) is 15.1. The summed E-state index contributed by atoms with van der Waals surface area (Å²) in [5.74, 6) is 0.585. The van der Waals surface area contributed by atoms with Crippen LogP contribution in [0.3, 0.4) is 0 Å². The second-order valence-corrected chi connectivity index (χ2v) is 6.90. The molecule has 2 aromatic carbocycles. The number of halogens is 1. The Morgan fingerprint density at radius 3 is 2.48 bits per heavy atom. The van der Waals surface area contributed by atoms with Crippen molar-refractivity contribution in [3.05, 3.63) is 59.9 Å². The van der Waals surface area contributed by atoms with Crippen molar-refractivity contribution in [1.82, 2.24) is 5.32 Å². The fourth-order valence-electron chi connectivity index (χ4n) is 3.57. The quantitative estimate of drug-likeness (QED) is 0.895. The van der Waals surface area contributed by atoms with Gasteiger partial charge in [-0.3, -0.25) is 4.79 Å². The number of amides is 1. The van der Waals surface area contributed by atoms with Crippen LogP contribution in [0.5, 0.6) is 11.5 Å². The van der Waals surface area contributed by atoms with E-state index in [0.29, 0.717) is 18.1 Å². The minimum Gasteiger partial charge on any atom is -0.482 e. The van der Waals surface area contributed by atoms with Gasteiger partial charge in [0.25, 0.3) is 5.91 Å². The van der Waals surface area contributed by atoms with E-state index in [-0.39, 0.29) is 23.9 Å². The van der Waals surface area contributed by atoms with Gasteiger partial charge in [-0.05, 0) is 49.6 Å². The first-order valence-electron chi connectivity index (χ1n) is 9.21. The fourth-order valence-corrected chi connectivity index (χ4v) is 3.57. The number of hydrogen-bond acceptors (Lipinski definition) is 4. The molecule has 5 nitrogen and oxygen atoms in total. The smallest absolute Gasteiger partial charge is 0.265 e. The highest BCUT2D eigenvalue weighted by Gasteiger charge is 2.37. The van der Waals surface area contributed by atoms with Crippen LogP contribution in [-0.4, -0.2) is 30.8 Å². The second kappa shape index (κ2) is 7.56. The van der Waals surface area contributed by atoms with Crippen molar-refractivity contribution in [2.45, 2.75) is 44.1 Å². The zero-order chi connectivity index (χ0) is 18.8. The fraction of sp³-hybridized carbons (Fsp3) is 0.381. The summed E-state index contributed by atoms with van der Waals surface area (Å²) >= 11 is 0. The lowest BCUT2D eigenvalue weighted by molar-refractivity contribution is -0.135. The lowest BCUT2D eigenvalue weighted by Gasteiger charge is -2.33. The molecule has 2 heterocycles. The third-order valence-electron chi connectivity index (χ3n) is 4.96. The van der Waals surface area contributed by atoms with Gasteiger partial charge in [-0.1, -0.05) is 24.3 Å². The van der Waals surface area contributed by atoms with Gasteiger partial charge < -0.3 is 19.5 Å². The van der Waals surface area contributed by atoms with Gasteiger partial charge in [-0.2, -0.15) is 0 Å². The van der Waals surface area contributed by atoms with Crippen LogP contribution in [0.15, 0.2) is 48.5 Å². The van der Waals surface area contributed by atoms with Gasteiger partial charge in [0.05, 0.1) is 12.1 Å². The Balaban J connectivity index is 1.54. The van der Waals surface area contributed by atoms with E-state index in [0.717, 1.165) is 18.4 Å². The molecule has 0 saturated carbocycles. The molecule has 142 valence electrons. The minimum atomic E-state index is -0.774. The Hall–Kier alpha value is -2.60. The van der Waals surface area contributed by atoms with E-state index >= 15 is 0 Å². The highest BCUT2D eigenvalue weighted by Crippen LogP contribution is 2.34. The van der Waals surface area contributed by atoms with Gasteiger partial charge in [-0.15, -0.1) is 0 Å². The summed E-state index contributed by atoms with van der Waals surface area (Å²) in [5, 5.41) is 3.03. The van der Waals surface area contributed by atoms with E-state index in [1.807, 2.05) is 18.2 Å². The number of fused-ring (bicyclic) bond motifs is 1. The molecule has 0 unspecified atom stereocenters. The summed E-state index contributed by atoms with van der Waals surface area (Å²) in [7, 11) is 0. The van der Waals surface area contributed by atoms with E-state index in [4.69, 9.17) is 14.2 Å². The van der Waals surface area contributed by atoms with Crippen molar-refractivity contribution in [1.29, 1.82) is 0 Å². The Morgan fingerprint density at radius 1 is 1.11 bits per heavy atom. The molecule has 1 fully saturated rings. The summed E-state index contributed by atoms with van der Waals surface area (Å²) in [6.07, 6.45) is 0.419. The summed E-state index contributed by atoms with van der Waals surface area (Å²) in [4.78, 5) is 13.0. The second-order valence-electron chi connectivity index (χ2n) is 6.90. The number of hydrogen-bond donors (Lipinski definition) is 1. The molecule has 1 saturated heterocycles. The Bertz CT molecular complexity index is 804. The van der Waals surface area contributed by atoms with Crippen LogP contribution in [0.4, 0.5) is 4.39 Å². The van der Waals surface area contributed by atoms with E-state index < -0.39 is 12.2 Å². The van der Waals surface area contributed by atoms with Crippen LogP contribution in [0.1, 0.15) is 31.4 Å². The molecule has 1 amide bonds. The van der Waals surface area contributed by atoms with Crippen LogP contribution in [0.25, 0.3) is 0 Å². The first-order chi connectivity index (χ1) is 13.1. The molecule has 27 heavy (non-hydrogen) atoms. The Kier molecular flexibility index (Phi) is 4.99. The number of para-hydroxylation sites is 2. The number of rotatable bonds is 4. The molecular formula is C21H22FNO4. The minimum absolute atomic E-state index is 0.147. The first-order valence-corrected chi connectivity index (χ1v) is 9.21. The molecule has 0 aliphatic carbocycles. The normalized spacial score (nSPS) is 25.0. The van der Waals surface area contributed by atoms with E-state index in [9.17, 15) is 9.18 Å². The Labute approximate surface area is 157 Å². The Morgan fingerprint density at radius 2 is 1.81 bits per heavy atom. The molecule has 4 rings (SSSR count). The maximum absolute atomic E-state index is 13.3. The predicted molar refractivity (Wildman–Crippen MR) is 97.2 cm³/mol. The molecule has 4 atom stereocenters. The van der Waals surface area contributed by atoms with Crippen LogP contribution < -0.4 is 14.8 Å². The average Bonchev–Trinajstić information content (AvgIpc) is 3.20. The highest BCUT2D eigenvalue weighted by atomic mass is 19.1. The largest absolute Gasteiger partial charge is 0.482 e. The molecule has 0 radical (unpaired) electrons. The third-order valence-corrected chi connectivity index (χ3v) is 4.96. The van der Waals surface area contributed by atoms with Crippen molar-refractivity contribution < 1.29 is 23.4 Å². The van der Waals surface area contributed by atoms with Crippen molar-refractivity contribution in [3.63, 3.8) is 0 Å². The van der Waals surface area contributed by atoms with Crippen LogP contribution in [0, 0.1) is 5.82 Å². The molecule has 1 N–H and O–H groups in total. The number of carbonyl (C=O) groups is 1. The summed E-state index contributed by atoms with van der Waals surface area (Å²) < 4.78 is 30.8. The number of nitrogens with one attached hydrogen (secondary N) is 1. The first kappa shape index (κ1) is 17.8. The van der Waals surface area contributed by atoms with E-state index in [2.05, 4.69) is 5.32 Å². The molecule has 2 aliphatic heterocycles. The third kappa shape index (κ3) is 3.76. The summed E-state index contributed by atoms with van der Waals surface area (Å²) in [6, 6.07) is 13.1.